The standard InChI is InChI=1S/C40H24N2O2/c1-4-13-35-29(10-1)30-11-2-5-14-36(30)42(35)28-17-19-38-34(24-28)31-12-3-6-15-37(31)41(38)27-9-7-8-25(22-27)26-16-18-32-33-20-21-43-40(33)44-39(32)23-26/h1-24H. The predicted molar refractivity (Wildman–Crippen MR) is 180 cm³/mol. The molecule has 44 heavy (non-hydrogen) atoms. The average molecular weight is 565 g/mol. The molecule has 0 unspecified atom stereocenters. The first kappa shape index (κ1) is 23.6. The van der Waals surface area contributed by atoms with Gasteiger partial charge in [0.15, 0.2) is 0 Å². The molecule has 4 nitrogen and oxygen atoms in total. The quantitative estimate of drug-likeness (QED) is 0.214. The smallest absolute Gasteiger partial charge is 0.298 e. The largest absolute Gasteiger partial charge is 0.433 e. The Labute approximate surface area is 251 Å². The minimum absolute atomic E-state index is 0.566. The van der Waals surface area contributed by atoms with Crippen molar-refractivity contribution >= 4 is 65.7 Å². The Balaban J connectivity index is 1.17. The van der Waals surface area contributed by atoms with Crippen molar-refractivity contribution in [1.82, 2.24) is 9.13 Å². The summed E-state index contributed by atoms with van der Waals surface area (Å²) >= 11 is 0. The maximum absolute atomic E-state index is 5.99. The number of furan rings is 2. The SMILES string of the molecule is c1cc(-c2ccc3c(c2)oc2occc23)cc(-n2c3ccccc3c3cc(-n4c5ccccc5c5ccccc54)ccc32)c1. The predicted octanol–water partition coefficient (Wildman–Crippen LogP) is 11.0. The molecule has 0 radical (unpaired) electrons. The fourth-order valence-corrected chi connectivity index (χ4v) is 7.09. The van der Waals surface area contributed by atoms with Crippen molar-refractivity contribution in [2.75, 3.05) is 0 Å². The minimum Gasteiger partial charge on any atom is -0.433 e. The topological polar surface area (TPSA) is 36.1 Å². The highest BCUT2D eigenvalue weighted by molar-refractivity contribution is 6.12. The van der Waals surface area contributed by atoms with Crippen molar-refractivity contribution < 1.29 is 8.83 Å². The minimum atomic E-state index is 0.566. The number of fused-ring (bicyclic) bond motifs is 9. The molecule has 10 aromatic rings. The van der Waals surface area contributed by atoms with Crippen LogP contribution < -0.4 is 0 Å². The Hall–Kier alpha value is -6.00. The van der Waals surface area contributed by atoms with Crippen molar-refractivity contribution in [2.24, 2.45) is 0 Å². The fraction of sp³-hybridized carbons (Fsp3) is 0. The Morgan fingerprint density at radius 3 is 1.73 bits per heavy atom. The zero-order valence-corrected chi connectivity index (χ0v) is 23.6. The molecule has 6 aromatic carbocycles. The van der Waals surface area contributed by atoms with Crippen LogP contribution in [0.2, 0.25) is 0 Å². The lowest BCUT2D eigenvalue weighted by atomic mass is 10.0. The number of para-hydroxylation sites is 3. The first-order chi connectivity index (χ1) is 21.8. The van der Waals surface area contributed by atoms with E-state index in [2.05, 4.69) is 143 Å². The van der Waals surface area contributed by atoms with Gasteiger partial charge in [0.05, 0.1) is 33.7 Å². The number of aromatic nitrogens is 2. The lowest BCUT2D eigenvalue weighted by molar-refractivity contribution is 0.499. The molecule has 0 aliphatic heterocycles. The highest BCUT2D eigenvalue weighted by atomic mass is 16.5. The Bertz CT molecular complexity index is 2680. The number of nitrogens with zero attached hydrogens (tertiary/aromatic N) is 2. The van der Waals surface area contributed by atoms with E-state index < -0.39 is 0 Å². The molecule has 206 valence electrons. The van der Waals surface area contributed by atoms with E-state index in [0.29, 0.717) is 5.78 Å². The van der Waals surface area contributed by atoms with Gasteiger partial charge in [0.2, 0.25) is 0 Å². The van der Waals surface area contributed by atoms with Gasteiger partial charge in [-0.1, -0.05) is 72.8 Å². The van der Waals surface area contributed by atoms with E-state index in [9.17, 15) is 0 Å². The van der Waals surface area contributed by atoms with Crippen molar-refractivity contribution in [3.8, 4) is 22.5 Å². The van der Waals surface area contributed by atoms with Gasteiger partial charge in [-0.3, -0.25) is 0 Å². The third kappa shape index (κ3) is 3.22. The van der Waals surface area contributed by atoms with Crippen LogP contribution in [0, 0.1) is 0 Å². The lowest BCUT2D eigenvalue weighted by Crippen LogP contribution is -1.96. The van der Waals surface area contributed by atoms with Gasteiger partial charge in [-0.2, -0.15) is 0 Å². The van der Waals surface area contributed by atoms with Crippen LogP contribution in [0.25, 0.3) is 88.2 Å². The lowest BCUT2D eigenvalue weighted by Gasteiger charge is -2.11. The van der Waals surface area contributed by atoms with Crippen LogP contribution in [-0.4, -0.2) is 9.13 Å². The third-order valence-corrected chi connectivity index (χ3v) is 9.04. The van der Waals surface area contributed by atoms with E-state index in [0.717, 1.165) is 38.9 Å². The van der Waals surface area contributed by atoms with Crippen molar-refractivity contribution in [1.29, 1.82) is 0 Å². The molecule has 10 rings (SSSR count). The zero-order valence-electron chi connectivity index (χ0n) is 23.6. The molecule has 4 aromatic heterocycles. The second kappa shape index (κ2) is 8.76. The van der Waals surface area contributed by atoms with Crippen LogP contribution in [0.1, 0.15) is 0 Å². The van der Waals surface area contributed by atoms with Gasteiger partial charge in [0, 0.05) is 38.3 Å². The molecule has 0 saturated heterocycles. The summed E-state index contributed by atoms with van der Waals surface area (Å²) < 4.78 is 16.3. The molecule has 0 aliphatic rings. The first-order valence-electron chi connectivity index (χ1n) is 14.8. The van der Waals surface area contributed by atoms with Crippen LogP contribution in [-0.2, 0) is 0 Å². The van der Waals surface area contributed by atoms with Gasteiger partial charge in [0.1, 0.15) is 5.58 Å². The number of benzene rings is 6. The number of hydrogen-bond acceptors (Lipinski definition) is 2. The van der Waals surface area contributed by atoms with Crippen molar-refractivity contribution in [3.05, 3.63) is 146 Å². The monoisotopic (exact) mass is 564 g/mol. The summed E-state index contributed by atoms with van der Waals surface area (Å²) in [5.74, 6) is 0.566. The zero-order chi connectivity index (χ0) is 28.8. The van der Waals surface area contributed by atoms with Gasteiger partial charge >= 0.3 is 0 Å². The normalized spacial score (nSPS) is 12.1. The van der Waals surface area contributed by atoms with E-state index in [1.54, 1.807) is 6.26 Å². The molecule has 0 amide bonds. The maximum atomic E-state index is 5.99. The molecular weight excluding hydrogens is 540 g/mol. The molecule has 0 fully saturated rings. The molecule has 0 N–H and O–H groups in total. The second-order valence-electron chi connectivity index (χ2n) is 11.4. The highest BCUT2D eigenvalue weighted by Gasteiger charge is 2.17. The summed E-state index contributed by atoms with van der Waals surface area (Å²) in [6.07, 6.45) is 1.67. The maximum Gasteiger partial charge on any atom is 0.298 e. The van der Waals surface area contributed by atoms with Crippen LogP contribution >= 0.6 is 0 Å². The summed E-state index contributed by atoms with van der Waals surface area (Å²) in [6, 6.07) is 50.0. The Morgan fingerprint density at radius 1 is 0.386 bits per heavy atom. The molecule has 0 saturated carbocycles. The fourth-order valence-electron chi connectivity index (χ4n) is 7.09. The van der Waals surface area contributed by atoms with Gasteiger partial charge in [-0.05, 0) is 77.9 Å². The van der Waals surface area contributed by atoms with Crippen molar-refractivity contribution in [2.45, 2.75) is 0 Å². The van der Waals surface area contributed by atoms with Gasteiger partial charge in [-0.25, -0.2) is 0 Å². The van der Waals surface area contributed by atoms with Crippen LogP contribution in [0.4, 0.5) is 0 Å². The molecule has 4 heterocycles. The van der Waals surface area contributed by atoms with Crippen molar-refractivity contribution in [3.63, 3.8) is 0 Å². The molecule has 4 heteroatoms. The molecular formula is C40H24N2O2. The van der Waals surface area contributed by atoms with E-state index >= 15 is 0 Å². The number of hydrogen-bond donors (Lipinski definition) is 0. The van der Waals surface area contributed by atoms with E-state index in [4.69, 9.17) is 8.83 Å². The van der Waals surface area contributed by atoms with E-state index in [1.807, 2.05) is 6.07 Å². The summed E-state index contributed by atoms with van der Waals surface area (Å²) in [4.78, 5) is 0. The van der Waals surface area contributed by atoms with E-state index in [1.165, 1.54) is 43.6 Å². The summed E-state index contributed by atoms with van der Waals surface area (Å²) in [7, 11) is 0. The third-order valence-electron chi connectivity index (χ3n) is 9.04. The second-order valence-corrected chi connectivity index (χ2v) is 11.4. The van der Waals surface area contributed by atoms with Crippen LogP contribution in [0.5, 0.6) is 0 Å². The Kier molecular flexibility index (Phi) is 4.69. The van der Waals surface area contributed by atoms with Gasteiger partial charge in [-0.15, -0.1) is 0 Å². The van der Waals surface area contributed by atoms with Crippen LogP contribution in [0.3, 0.4) is 0 Å². The average Bonchev–Trinajstić information content (AvgIpc) is 3.83. The molecule has 0 aliphatic carbocycles. The van der Waals surface area contributed by atoms with E-state index in [-0.39, 0.29) is 0 Å². The summed E-state index contributed by atoms with van der Waals surface area (Å²) in [5, 5.41) is 7.06. The molecule has 0 atom stereocenters. The number of rotatable bonds is 3. The Morgan fingerprint density at radius 2 is 1.00 bits per heavy atom. The molecule has 0 bridgehead atoms. The summed E-state index contributed by atoms with van der Waals surface area (Å²) in [5.41, 5.74) is 10.1. The van der Waals surface area contributed by atoms with Gasteiger partial charge < -0.3 is 18.0 Å². The van der Waals surface area contributed by atoms with Gasteiger partial charge in [0.25, 0.3) is 5.78 Å². The summed E-state index contributed by atoms with van der Waals surface area (Å²) in [6.45, 7) is 0. The van der Waals surface area contributed by atoms with Crippen LogP contribution in [0.15, 0.2) is 155 Å². The molecule has 0 spiro atoms. The first-order valence-corrected chi connectivity index (χ1v) is 14.8. The highest BCUT2D eigenvalue weighted by Crippen LogP contribution is 2.38.